The number of nitrogens with zero attached hydrogens (tertiary/aromatic N) is 4. The molecule has 0 fully saturated rings. The van der Waals surface area contributed by atoms with Gasteiger partial charge in [0, 0.05) is 12.4 Å². The molecule has 0 aromatic heterocycles. The van der Waals surface area contributed by atoms with Crippen LogP contribution in [0.4, 0.5) is 11.4 Å². The SMILES string of the molecule is N#Cc1ccc(-c2ccc(OCCCCCCCCCCCCOc3ccc(C=Nc4ccc(OCCCCCCCCOc5ccc(N=Cc6ccc(OCCCCCCCCCCCCOc7ccc(-c8ccc(C#N)cc8)cc7)cc6)cc5)cc4)cc3)cc2)cc1. The molecule has 10 nitrogen and oxygen atoms in total. The first-order valence-electron chi connectivity index (χ1n) is 35.0. The van der Waals surface area contributed by atoms with Gasteiger partial charge in [-0.2, -0.15) is 10.5 Å². The third-order valence-electron chi connectivity index (χ3n) is 16.8. The van der Waals surface area contributed by atoms with Crippen molar-refractivity contribution < 1.29 is 28.4 Å². The standard InChI is InChI=1S/C84H98N4O6/c85-65-69-27-35-73(36-28-69)75-39-51-81(52-40-75)91-61-23-17-11-7-3-1-5-9-15-21-59-89-79-47-31-71(32-48-79)67-87-77-43-55-83(56-44-77)93-63-25-19-13-14-20-26-64-94-84-57-45-78(46-58-84)88-68-72-33-49-80(50-34-72)90-60-22-16-10-6-2-4-8-12-18-24-62-92-82-53-41-76(42-54-82)74-37-29-70(66-86)30-38-74/h27-58,67-68H,1-26,59-64H2. The molecule has 0 bridgehead atoms. The summed E-state index contributed by atoms with van der Waals surface area (Å²) in [7, 11) is 0. The first kappa shape index (κ1) is 70.7. The summed E-state index contributed by atoms with van der Waals surface area (Å²) in [6, 6.07) is 68.5. The fourth-order valence-corrected chi connectivity index (χ4v) is 11.1. The minimum Gasteiger partial charge on any atom is -0.494 e. The number of benzene rings is 8. The van der Waals surface area contributed by atoms with Gasteiger partial charge in [0.1, 0.15) is 34.5 Å². The van der Waals surface area contributed by atoms with Crippen molar-refractivity contribution in [3.63, 3.8) is 0 Å². The Morgan fingerprint density at radius 1 is 0.223 bits per heavy atom. The molecule has 10 heteroatoms. The number of rotatable bonds is 47. The molecule has 8 aromatic carbocycles. The molecular weight excluding hydrogens is 1160 g/mol. The topological polar surface area (TPSA) is 128 Å². The summed E-state index contributed by atoms with van der Waals surface area (Å²) >= 11 is 0. The third kappa shape index (κ3) is 28.4. The van der Waals surface area contributed by atoms with Gasteiger partial charge in [0.25, 0.3) is 0 Å². The van der Waals surface area contributed by atoms with Crippen LogP contribution in [0, 0.1) is 22.7 Å². The monoisotopic (exact) mass is 1260 g/mol. The van der Waals surface area contributed by atoms with E-state index in [0.29, 0.717) is 24.3 Å². The van der Waals surface area contributed by atoms with Crippen LogP contribution in [-0.2, 0) is 0 Å². The molecule has 0 saturated carbocycles. The van der Waals surface area contributed by atoms with Crippen LogP contribution in [0.25, 0.3) is 22.3 Å². The van der Waals surface area contributed by atoms with Crippen LogP contribution < -0.4 is 28.4 Å². The second-order valence-electron chi connectivity index (χ2n) is 24.4. The van der Waals surface area contributed by atoms with Crippen LogP contribution in [0.5, 0.6) is 34.5 Å². The van der Waals surface area contributed by atoms with Crippen molar-refractivity contribution in [3.05, 3.63) is 216 Å². The first-order chi connectivity index (χ1) is 46.5. The zero-order chi connectivity index (χ0) is 65.0. The molecule has 0 aliphatic rings. The summed E-state index contributed by atoms with van der Waals surface area (Å²) in [5.74, 6) is 5.38. The van der Waals surface area contributed by atoms with Gasteiger partial charge >= 0.3 is 0 Å². The summed E-state index contributed by atoms with van der Waals surface area (Å²) in [4.78, 5) is 9.35. The van der Waals surface area contributed by atoms with Crippen molar-refractivity contribution in [3.8, 4) is 68.9 Å². The Kier molecular flexibility index (Phi) is 32.9. The van der Waals surface area contributed by atoms with Crippen molar-refractivity contribution in [2.75, 3.05) is 39.6 Å². The fourth-order valence-electron chi connectivity index (χ4n) is 11.1. The zero-order valence-electron chi connectivity index (χ0n) is 55.5. The predicted octanol–water partition coefficient (Wildman–Crippen LogP) is 22.8. The molecule has 0 N–H and O–H groups in total. The summed E-state index contributed by atoms with van der Waals surface area (Å²) in [6.45, 7) is 4.44. The van der Waals surface area contributed by atoms with Gasteiger partial charge in [-0.15, -0.1) is 0 Å². The van der Waals surface area contributed by atoms with Crippen LogP contribution in [0.15, 0.2) is 204 Å². The molecular formula is C84H98N4O6. The molecule has 0 heterocycles. The third-order valence-corrected chi connectivity index (χ3v) is 16.8. The number of hydrogen-bond acceptors (Lipinski definition) is 10. The molecule has 0 aliphatic carbocycles. The molecule has 0 radical (unpaired) electrons. The summed E-state index contributed by atoms with van der Waals surface area (Å²) in [6.07, 6.45) is 35.2. The maximum atomic E-state index is 9.02. The molecule has 8 aromatic rings. The highest BCUT2D eigenvalue weighted by Crippen LogP contribution is 2.27. The molecule has 0 atom stereocenters. The molecule has 8 rings (SSSR count). The average molecular weight is 1260 g/mol. The van der Waals surface area contributed by atoms with Gasteiger partial charge < -0.3 is 28.4 Å². The number of aliphatic imine (C=N–C) groups is 2. The first-order valence-corrected chi connectivity index (χ1v) is 35.0. The van der Waals surface area contributed by atoms with Crippen molar-refractivity contribution in [1.82, 2.24) is 0 Å². The normalized spacial score (nSPS) is 11.2. The lowest BCUT2D eigenvalue weighted by atomic mass is 10.0. The van der Waals surface area contributed by atoms with E-state index >= 15 is 0 Å². The number of unbranched alkanes of at least 4 members (excludes halogenated alkanes) is 23. The Morgan fingerprint density at radius 3 is 0.617 bits per heavy atom. The van der Waals surface area contributed by atoms with Crippen LogP contribution in [0.1, 0.15) is 189 Å². The second kappa shape index (κ2) is 43.7. The molecule has 0 spiro atoms. The quantitative estimate of drug-likeness (QED) is 0.0273. The lowest BCUT2D eigenvalue weighted by Gasteiger charge is -2.08. The highest BCUT2D eigenvalue weighted by molar-refractivity contribution is 5.83. The smallest absolute Gasteiger partial charge is 0.119 e. The van der Waals surface area contributed by atoms with Gasteiger partial charge in [0.2, 0.25) is 0 Å². The van der Waals surface area contributed by atoms with Gasteiger partial charge in [-0.05, 0) is 217 Å². The molecule has 0 unspecified atom stereocenters. The Balaban J connectivity index is 0.540. The van der Waals surface area contributed by atoms with Gasteiger partial charge in [0.15, 0.2) is 0 Å². The van der Waals surface area contributed by atoms with E-state index in [2.05, 4.69) is 70.7 Å². The Labute approximate surface area is 561 Å². The number of nitriles is 2. The maximum Gasteiger partial charge on any atom is 0.119 e. The molecule has 94 heavy (non-hydrogen) atoms. The Hall–Kier alpha value is -9.12. The fraction of sp³-hybridized carbons (Fsp3) is 0.381. The summed E-state index contributed by atoms with van der Waals surface area (Å²) in [5.41, 5.74) is 9.68. The van der Waals surface area contributed by atoms with Crippen LogP contribution in [-0.4, -0.2) is 52.1 Å². The average Bonchev–Trinajstić information content (AvgIpc) is 1.42. The van der Waals surface area contributed by atoms with Crippen molar-refractivity contribution in [2.24, 2.45) is 9.98 Å². The van der Waals surface area contributed by atoms with Gasteiger partial charge in [-0.3, -0.25) is 9.98 Å². The summed E-state index contributed by atoms with van der Waals surface area (Å²) < 4.78 is 36.1. The second-order valence-corrected chi connectivity index (χ2v) is 24.4. The van der Waals surface area contributed by atoms with Crippen molar-refractivity contribution in [2.45, 2.75) is 167 Å². The Bertz CT molecular complexity index is 3210. The molecule has 0 saturated heterocycles. The van der Waals surface area contributed by atoms with Crippen molar-refractivity contribution in [1.29, 1.82) is 10.5 Å². The number of ether oxygens (including phenoxy) is 6. The van der Waals surface area contributed by atoms with E-state index in [4.69, 9.17) is 38.9 Å². The molecule has 490 valence electrons. The zero-order valence-corrected chi connectivity index (χ0v) is 55.5. The van der Waals surface area contributed by atoms with Gasteiger partial charge in [-0.1, -0.05) is 177 Å². The van der Waals surface area contributed by atoms with E-state index < -0.39 is 0 Å². The van der Waals surface area contributed by atoms with E-state index in [1.165, 1.54) is 116 Å². The van der Waals surface area contributed by atoms with Crippen LogP contribution >= 0.6 is 0 Å². The van der Waals surface area contributed by atoms with E-state index in [-0.39, 0.29) is 0 Å². The predicted molar refractivity (Wildman–Crippen MR) is 386 cm³/mol. The highest BCUT2D eigenvalue weighted by Gasteiger charge is 2.06. The van der Waals surface area contributed by atoms with Gasteiger partial charge in [0.05, 0.1) is 74.3 Å². The van der Waals surface area contributed by atoms with E-state index in [1.54, 1.807) is 0 Å². The van der Waals surface area contributed by atoms with E-state index in [1.807, 2.05) is 158 Å². The van der Waals surface area contributed by atoms with Crippen LogP contribution in [0.2, 0.25) is 0 Å². The minimum atomic E-state index is 0.676. The lowest BCUT2D eigenvalue weighted by molar-refractivity contribution is 0.297. The highest BCUT2D eigenvalue weighted by atomic mass is 16.5. The lowest BCUT2D eigenvalue weighted by Crippen LogP contribution is -1.98. The summed E-state index contributed by atoms with van der Waals surface area (Å²) in [5, 5.41) is 18.0. The van der Waals surface area contributed by atoms with Gasteiger partial charge in [-0.25, -0.2) is 0 Å². The van der Waals surface area contributed by atoms with Crippen LogP contribution in [0.3, 0.4) is 0 Å². The number of hydrogen-bond donors (Lipinski definition) is 0. The maximum absolute atomic E-state index is 9.02. The largest absolute Gasteiger partial charge is 0.494 e. The van der Waals surface area contributed by atoms with Crippen molar-refractivity contribution >= 4 is 23.8 Å². The Morgan fingerprint density at radius 2 is 0.404 bits per heavy atom. The van der Waals surface area contributed by atoms with E-state index in [0.717, 1.165) is 157 Å². The molecule has 0 aliphatic heterocycles. The molecule has 0 amide bonds. The minimum absolute atomic E-state index is 0.676. The van der Waals surface area contributed by atoms with E-state index in [9.17, 15) is 0 Å².